The Hall–Kier alpha value is -1.29. The van der Waals surface area contributed by atoms with E-state index in [4.69, 9.17) is 0 Å². The molecule has 0 spiro atoms. The van der Waals surface area contributed by atoms with Crippen LogP contribution in [0.1, 0.15) is 166 Å². The van der Waals surface area contributed by atoms with Crippen LogP contribution < -0.4 is 10.2 Å². The number of aryl methyl sites for hydroxylation is 1. The van der Waals surface area contributed by atoms with Gasteiger partial charge >= 0.3 is 46.1 Å². The van der Waals surface area contributed by atoms with Crippen molar-refractivity contribution < 1.29 is 10.2 Å². The molecule has 3 rings (SSSR count). The summed E-state index contributed by atoms with van der Waals surface area (Å²) in [7, 11) is 0. The zero-order valence-corrected chi connectivity index (χ0v) is 41.1. The second kappa shape index (κ2) is 26.5. The zero-order valence-electron chi connectivity index (χ0n) is 38.3. The quantitative estimate of drug-likeness (QED) is 0.249. The normalized spacial score (nSPS) is 11.4. The van der Waals surface area contributed by atoms with Crippen molar-refractivity contribution in [3.63, 3.8) is 0 Å². The predicted molar refractivity (Wildman–Crippen MR) is 237 cm³/mol. The number of benzene rings is 3. The first-order chi connectivity index (χ1) is 22.9. The van der Waals surface area contributed by atoms with Crippen LogP contribution in [0.4, 0.5) is 0 Å². The summed E-state index contributed by atoms with van der Waals surface area (Å²) in [5.41, 5.74) is 4.69. The van der Waals surface area contributed by atoms with E-state index in [0.29, 0.717) is 24.2 Å². The van der Waals surface area contributed by atoms with Gasteiger partial charge in [-0.2, -0.15) is 0 Å². The largest absolute Gasteiger partial charge is 2.00 e. The van der Waals surface area contributed by atoms with E-state index >= 15 is 0 Å². The van der Waals surface area contributed by atoms with E-state index in [1.54, 1.807) is 0 Å². The number of rotatable bonds is 4. The Morgan fingerprint density at radius 3 is 0.698 bits per heavy atom. The van der Waals surface area contributed by atoms with Crippen LogP contribution in [0.5, 0.6) is 11.5 Å². The third kappa shape index (κ3) is 27.0. The summed E-state index contributed by atoms with van der Waals surface area (Å²) in [5, 5.41) is 33.1. The molecule has 0 amide bonds. The molecule has 0 saturated carbocycles. The van der Waals surface area contributed by atoms with E-state index in [1.807, 2.05) is 54.6 Å². The van der Waals surface area contributed by atoms with E-state index in [0.717, 1.165) is 22.3 Å². The number of hydrogen-bond acceptors (Lipinski definition) is 2. The Morgan fingerprint density at radius 1 is 0.377 bits per heavy atom. The second-order valence-corrected chi connectivity index (χ2v) is 18.7. The van der Waals surface area contributed by atoms with Gasteiger partial charge in [-0.1, -0.05) is 233 Å². The van der Waals surface area contributed by atoms with Crippen LogP contribution in [0, 0.1) is 6.92 Å². The summed E-state index contributed by atoms with van der Waals surface area (Å²) < 4.78 is 0. The van der Waals surface area contributed by atoms with Crippen LogP contribution >= 0.6 is 0 Å². The molecule has 0 saturated heterocycles. The van der Waals surface area contributed by atoms with Crippen LogP contribution in [-0.4, -0.2) is 70.3 Å². The van der Waals surface area contributed by atoms with Gasteiger partial charge in [0.2, 0.25) is 0 Å². The van der Waals surface area contributed by atoms with Gasteiger partial charge in [-0.05, 0) is 28.6 Å². The van der Waals surface area contributed by atoms with E-state index in [1.165, 1.54) is 5.56 Å². The molecule has 3 aromatic carbocycles. The first-order valence-corrected chi connectivity index (χ1v) is 19.0. The molecule has 0 aliphatic heterocycles. The van der Waals surface area contributed by atoms with Crippen molar-refractivity contribution in [2.24, 2.45) is 0 Å². The van der Waals surface area contributed by atoms with Crippen molar-refractivity contribution in [2.45, 2.75) is 191 Å². The Bertz CT molecular complexity index is 1190. The van der Waals surface area contributed by atoms with Gasteiger partial charge in [0.15, 0.2) is 0 Å². The summed E-state index contributed by atoms with van der Waals surface area (Å²) in [6.45, 7) is 43.8. The molecular formula is C47H78Mg2N2O2. The van der Waals surface area contributed by atoms with Crippen molar-refractivity contribution in [1.82, 2.24) is 0 Å². The Morgan fingerprint density at radius 2 is 0.585 bits per heavy atom. The molecule has 0 radical (unpaired) electrons. The molecule has 0 atom stereocenters. The number of para-hydroxylation sites is 2. The van der Waals surface area contributed by atoms with E-state index in [2.05, 4.69) is 168 Å². The van der Waals surface area contributed by atoms with Gasteiger partial charge in [-0.25, -0.2) is 0 Å². The average molecular weight is 752 g/mol. The van der Waals surface area contributed by atoms with Crippen molar-refractivity contribution in [1.29, 1.82) is 0 Å². The van der Waals surface area contributed by atoms with Gasteiger partial charge < -0.3 is 20.8 Å². The van der Waals surface area contributed by atoms with Gasteiger partial charge in [0, 0.05) is 0 Å². The molecule has 53 heavy (non-hydrogen) atoms. The zero-order chi connectivity index (χ0) is 40.5. The Labute approximate surface area is 361 Å². The Kier molecular flexibility index (Phi) is 29.3. The molecule has 4 nitrogen and oxygen atoms in total. The molecule has 0 bridgehead atoms. The van der Waals surface area contributed by atoms with Crippen LogP contribution in [0.15, 0.2) is 66.7 Å². The third-order valence-corrected chi connectivity index (χ3v) is 7.40. The van der Waals surface area contributed by atoms with E-state index < -0.39 is 0 Å². The molecule has 0 fully saturated rings. The van der Waals surface area contributed by atoms with Crippen molar-refractivity contribution in [3.05, 3.63) is 105 Å². The van der Waals surface area contributed by atoms with E-state index in [-0.39, 0.29) is 79.3 Å². The summed E-state index contributed by atoms with van der Waals surface area (Å²) in [6.07, 6.45) is 0. The van der Waals surface area contributed by atoms with Crippen molar-refractivity contribution in [2.75, 3.05) is 0 Å². The fraction of sp³-hybridized carbons (Fsp3) is 0.617. The fourth-order valence-corrected chi connectivity index (χ4v) is 5.16. The van der Waals surface area contributed by atoms with Gasteiger partial charge in [0.25, 0.3) is 0 Å². The predicted octanol–water partition coefficient (Wildman–Crippen LogP) is 12.3. The molecule has 0 aromatic heterocycles. The maximum Gasteiger partial charge on any atom is 2.00 e. The molecule has 0 N–H and O–H groups in total. The summed E-state index contributed by atoms with van der Waals surface area (Å²) >= 11 is 0. The minimum atomic E-state index is -0.0711. The van der Waals surface area contributed by atoms with Gasteiger partial charge in [-0.3, -0.25) is 0 Å². The molecule has 0 aliphatic rings. The van der Waals surface area contributed by atoms with Gasteiger partial charge in [0.05, 0.1) is 0 Å². The van der Waals surface area contributed by atoms with Crippen LogP contribution in [-0.2, 0) is 21.7 Å². The van der Waals surface area contributed by atoms with Crippen LogP contribution in [0.3, 0.4) is 0 Å². The molecule has 0 aliphatic carbocycles. The standard InChI is InChI=1S/2C14H22O.C7H8.2C6H14N.2Mg/c2*1-13(2,3)10-8-7-9-11(12(10)15)14(4,5)6;1-7-5-3-2-4-6-7;2*1-5(2)7-6(3)4;;/h2*7-9,15H,1-6H3;2-6H,1H3;2*5-6H,1-4H3;;/q;;;2*-1;2*+2/p-2. The summed E-state index contributed by atoms with van der Waals surface area (Å²) in [5.74, 6) is 0.412. The molecule has 292 valence electrons. The fourth-order valence-electron chi connectivity index (χ4n) is 5.16. The smallest absolute Gasteiger partial charge is 0.872 e. The van der Waals surface area contributed by atoms with E-state index in [9.17, 15) is 10.2 Å². The molecular weight excluding hydrogens is 673 g/mol. The number of hydrogen-bond donors (Lipinski definition) is 0. The second-order valence-electron chi connectivity index (χ2n) is 18.7. The molecule has 6 heteroatoms. The third-order valence-electron chi connectivity index (χ3n) is 7.40. The molecule has 0 heterocycles. The van der Waals surface area contributed by atoms with Crippen LogP contribution in [0.25, 0.3) is 10.6 Å². The van der Waals surface area contributed by atoms with Crippen molar-refractivity contribution in [3.8, 4) is 11.5 Å². The summed E-state index contributed by atoms with van der Waals surface area (Å²) in [4.78, 5) is 0. The van der Waals surface area contributed by atoms with Crippen molar-refractivity contribution >= 4 is 46.1 Å². The summed E-state index contributed by atoms with van der Waals surface area (Å²) in [6, 6.07) is 24.0. The molecule has 3 aromatic rings. The minimum Gasteiger partial charge on any atom is -0.872 e. The van der Waals surface area contributed by atoms with Gasteiger partial charge in [-0.15, -0.1) is 35.7 Å². The first kappa shape index (κ1) is 58.4. The minimum absolute atomic E-state index is 0. The Balaban J connectivity index is -0.000000295. The first-order valence-electron chi connectivity index (χ1n) is 19.0. The maximum absolute atomic E-state index is 12.3. The topological polar surface area (TPSA) is 74.3 Å². The van der Waals surface area contributed by atoms with Gasteiger partial charge in [0.1, 0.15) is 0 Å². The number of nitrogens with zero attached hydrogens (tertiary/aromatic N) is 2. The van der Waals surface area contributed by atoms with Crippen LogP contribution in [0.2, 0.25) is 0 Å². The average Bonchev–Trinajstić information content (AvgIpc) is 2.91. The monoisotopic (exact) mass is 751 g/mol. The SMILES string of the molecule is CC(C)(C)c1cccc(C(C)(C)C)c1[O-].CC(C)(C)c1cccc(C(C)(C)C)c1[O-].CC(C)[N-]C(C)C.CC(C)[N-]C(C)C.Cc1ccccc1.[Mg+2].[Mg+2]. The molecule has 0 unspecified atom stereocenters. The maximum atomic E-state index is 12.3.